The van der Waals surface area contributed by atoms with E-state index in [2.05, 4.69) is 45.9 Å². The molecule has 18 heteroatoms. The zero-order valence-electron chi connectivity index (χ0n) is 55.6. The Morgan fingerprint density at radius 2 is 0.629 bits per heavy atom. The van der Waals surface area contributed by atoms with Gasteiger partial charge < -0.3 is 19.9 Å². The van der Waals surface area contributed by atoms with Crippen LogP contribution in [0.1, 0.15) is 145 Å². The number of nitro groups is 2. The van der Waals surface area contributed by atoms with Gasteiger partial charge >= 0.3 is 0 Å². The Morgan fingerprint density at radius 3 is 0.899 bits per heavy atom. The second-order valence-electron chi connectivity index (χ2n) is 17.8. The third-order valence-corrected chi connectivity index (χ3v) is 14.2. The number of nitrogens with zero attached hydrogens (tertiary/aromatic N) is 7. The number of aryl methyl sites for hydroxylation is 8. The molecule has 4 heterocycles. The van der Waals surface area contributed by atoms with Crippen molar-refractivity contribution < 1.29 is 18.3 Å². The second kappa shape index (κ2) is 40.5. The van der Waals surface area contributed by atoms with Crippen LogP contribution in [0.5, 0.6) is 0 Å². The van der Waals surface area contributed by atoms with Crippen LogP contribution in [0.15, 0.2) is 161 Å². The first-order valence-electron chi connectivity index (χ1n) is 30.1. The zero-order valence-corrected chi connectivity index (χ0v) is 56.4. The fraction of sp³-hybridized carbons (Fsp3) is 0.282. The minimum atomic E-state index is -3.47. The molecule has 0 aliphatic heterocycles. The van der Waals surface area contributed by atoms with Crippen molar-refractivity contribution in [2.24, 2.45) is 0 Å². The summed E-state index contributed by atoms with van der Waals surface area (Å²) in [6.07, 6.45) is 3.91. The molecule has 4 aromatic heterocycles. The summed E-state index contributed by atoms with van der Waals surface area (Å²) in [4.78, 5) is 51.3. The number of non-ortho nitro benzene ring substituents is 2. The molecule has 0 aliphatic rings. The third-order valence-electron chi connectivity index (χ3n) is 12.4. The summed E-state index contributed by atoms with van der Waals surface area (Å²) in [6.45, 7) is 39.7. The van der Waals surface area contributed by atoms with E-state index in [0.29, 0.717) is 10.5 Å². The molecule has 6 aromatic carbocycles. The molecule has 4 N–H and O–H groups in total. The standard InChI is InChI=1S/C19H17N3O2.C17H16N2O2S.C12H11N3.C11H11N3O2.6C2H6/c1-13-14(2)21-19(20-13)17-9-5-15(6-10-17)3-4-16-7-11-18(12-8-16)22(23)24;1-12-13(2)19-17(18-12)14-8-10-16(11-9-14)22(20,21)15-6-4-3-5-7-15;1-8-9(2)15-12(14-8)11-5-3-10(7-13)4-6-11;1-7-8(2)13-11(12-7)9-3-5-10(6-4-9)14(15)16;6*1-2/h3-12H,1-2H3,(H,20,21);3-11H,1-2H3,(H,18,19);3-6H,1-2H3,(H,14,15);3-6H,1-2H3,(H,12,13);6*1-2H3/b4-3+;;;;;;;;;. The molecule has 0 atom stereocenters. The first kappa shape index (κ1) is 77.2. The van der Waals surface area contributed by atoms with Gasteiger partial charge in [0.1, 0.15) is 23.3 Å². The summed E-state index contributed by atoms with van der Waals surface area (Å²) in [5.41, 5.74) is 14.6. The van der Waals surface area contributed by atoms with Crippen LogP contribution in [-0.2, 0) is 9.84 Å². The van der Waals surface area contributed by atoms with Crippen LogP contribution in [0.25, 0.3) is 57.7 Å². The van der Waals surface area contributed by atoms with E-state index in [9.17, 15) is 28.6 Å². The maximum absolute atomic E-state index is 12.5. The number of hydrogen-bond donors (Lipinski definition) is 4. The lowest BCUT2D eigenvalue weighted by Gasteiger charge is -2.05. The average Bonchev–Trinajstić information content (AvgIpc) is 2.31. The fourth-order valence-corrected chi connectivity index (χ4v) is 8.64. The highest BCUT2D eigenvalue weighted by atomic mass is 32.2. The Balaban J connectivity index is 0.000000568. The van der Waals surface area contributed by atoms with Crippen molar-refractivity contribution in [3.8, 4) is 51.6 Å². The maximum atomic E-state index is 12.5. The van der Waals surface area contributed by atoms with Gasteiger partial charge in [-0.3, -0.25) is 20.2 Å². The summed E-state index contributed by atoms with van der Waals surface area (Å²) in [7, 11) is -3.47. The van der Waals surface area contributed by atoms with Gasteiger partial charge in [0, 0.05) is 69.3 Å². The van der Waals surface area contributed by atoms with Gasteiger partial charge in [0.2, 0.25) is 9.84 Å². The van der Waals surface area contributed by atoms with Crippen LogP contribution >= 0.6 is 0 Å². The molecule has 17 nitrogen and oxygen atoms in total. The molecule has 0 unspecified atom stereocenters. The van der Waals surface area contributed by atoms with Crippen molar-refractivity contribution in [2.75, 3.05) is 0 Å². The predicted octanol–water partition coefficient (Wildman–Crippen LogP) is 19.6. The Labute approximate surface area is 528 Å². The number of aromatic amines is 4. The lowest BCUT2D eigenvalue weighted by molar-refractivity contribution is -0.385. The van der Waals surface area contributed by atoms with Crippen LogP contribution < -0.4 is 0 Å². The molecule has 0 saturated heterocycles. The lowest BCUT2D eigenvalue weighted by Crippen LogP contribution is -2.01. The number of H-pyrrole nitrogens is 4. The van der Waals surface area contributed by atoms with Crippen molar-refractivity contribution in [3.63, 3.8) is 0 Å². The molecule has 0 fully saturated rings. The summed E-state index contributed by atoms with van der Waals surface area (Å²) in [5, 5.41) is 29.8. The van der Waals surface area contributed by atoms with Crippen molar-refractivity contribution in [3.05, 3.63) is 234 Å². The van der Waals surface area contributed by atoms with Crippen molar-refractivity contribution in [1.82, 2.24) is 39.9 Å². The minimum absolute atomic E-state index is 0.0868. The van der Waals surface area contributed by atoms with E-state index < -0.39 is 19.7 Å². The molecule has 10 rings (SSSR count). The molecule has 0 amide bonds. The van der Waals surface area contributed by atoms with Crippen molar-refractivity contribution >= 4 is 33.4 Å². The first-order chi connectivity index (χ1) is 42.8. The maximum Gasteiger partial charge on any atom is 0.269 e. The number of rotatable bonds is 10. The molecule has 0 saturated carbocycles. The van der Waals surface area contributed by atoms with E-state index in [4.69, 9.17) is 5.26 Å². The highest BCUT2D eigenvalue weighted by Crippen LogP contribution is 2.26. The SMILES string of the molecule is CC.CC.CC.CC.CC.CC.Cc1nc(-c2ccc(/C=C/c3ccc([N+](=O)[O-])cc3)cc2)[nH]c1C.Cc1nc(-c2ccc(C#N)cc2)[nH]c1C.Cc1nc(-c2ccc(S(=O)(=O)c3ccccc3)cc2)[nH]c1C.Cc1nc(-c2ccc([N+](=O)[O-])cc2)[nH]c1C. The van der Waals surface area contributed by atoms with E-state index in [1.807, 2.05) is 187 Å². The largest absolute Gasteiger partial charge is 0.342 e. The third kappa shape index (κ3) is 23.4. The lowest BCUT2D eigenvalue weighted by atomic mass is 10.1. The summed E-state index contributed by atoms with van der Waals surface area (Å²) in [6, 6.07) is 45.6. The second-order valence-corrected chi connectivity index (χ2v) is 19.8. The summed E-state index contributed by atoms with van der Waals surface area (Å²) >= 11 is 0. The van der Waals surface area contributed by atoms with Crippen molar-refractivity contribution in [2.45, 2.75) is 148 Å². The predicted molar refractivity (Wildman–Crippen MR) is 367 cm³/mol. The smallest absolute Gasteiger partial charge is 0.269 e. The van der Waals surface area contributed by atoms with E-state index in [-0.39, 0.29) is 16.3 Å². The number of nitrogens with one attached hydrogen (secondary N) is 4. The van der Waals surface area contributed by atoms with Gasteiger partial charge in [-0.25, -0.2) is 28.4 Å². The first-order valence-corrected chi connectivity index (χ1v) is 31.6. The molecular weight excluding hydrogens is 1130 g/mol. The molecule has 472 valence electrons. The average molecular weight is 1230 g/mol. The van der Waals surface area contributed by atoms with Crippen LogP contribution in [-0.4, -0.2) is 58.1 Å². The fourth-order valence-electron chi connectivity index (χ4n) is 7.36. The van der Waals surface area contributed by atoms with E-state index >= 15 is 0 Å². The van der Waals surface area contributed by atoms with Gasteiger partial charge in [-0.15, -0.1) is 0 Å². The molecule has 0 aliphatic carbocycles. The van der Waals surface area contributed by atoms with Gasteiger partial charge in [0.15, 0.2) is 0 Å². The van der Waals surface area contributed by atoms with E-state index in [1.165, 1.54) is 24.3 Å². The Hall–Kier alpha value is -9.86. The Morgan fingerprint density at radius 1 is 0.382 bits per heavy atom. The molecule has 0 spiro atoms. The van der Waals surface area contributed by atoms with Gasteiger partial charge in [-0.05, 0) is 151 Å². The van der Waals surface area contributed by atoms with E-state index in [0.717, 1.165) is 102 Å². The number of hydrogen-bond acceptors (Lipinski definition) is 11. The Kier molecular flexibility index (Phi) is 35.1. The summed E-state index contributed by atoms with van der Waals surface area (Å²) in [5.74, 6) is 3.22. The van der Waals surface area contributed by atoms with Crippen LogP contribution in [0.2, 0.25) is 0 Å². The van der Waals surface area contributed by atoms with Gasteiger partial charge in [0.25, 0.3) is 11.4 Å². The number of imidazole rings is 4. The molecular formula is C71H91N11O6S. The van der Waals surface area contributed by atoms with E-state index in [1.54, 1.807) is 91.0 Å². The van der Waals surface area contributed by atoms with Gasteiger partial charge in [-0.1, -0.05) is 138 Å². The zero-order chi connectivity index (χ0) is 67.4. The normalized spacial score (nSPS) is 9.79. The molecule has 10 aromatic rings. The number of aromatic nitrogens is 8. The Bertz CT molecular complexity index is 3760. The highest BCUT2D eigenvalue weighted by Gasteiger charge is 2.18. The minimum Gasteiger partial charge on any atom is -0.342 e. The quantitative estimate of drug-likeness (QED) is 0.0568. The van der Waals surface area contributed by atoms with Gasteiger partial charge in [0.05, 0.1) is 54.0 Å². The topological polar surface area (TPSA) is 259 Å². The number of sulfone groups is 1. The highest BCUT2D eigenvalue weighted by molar-refractivity contribution is 7.91. The van der Waals surface area contributed by atoms with Crippen molar-refractivity contribution in [1.29, 1.82) is 5.26 Å². The number of benzene rings is 6. The number of nitro benzene ring substituents is 2. The van der Waals surface area contributed by atoms with Gasteiger partial charge in [-0.2, -0.15) is 5.26 Å². The number of nitriles is 1. The summed E-state index contributed by atoms with van der Waals surface area (Å²) < 4.78 is 25.0. The van der Waals surface area contributed by atoms with Crippen LogP contribution in [0.4, 0.5) is 11.4 Å². The molecule has 89 heavy (non-hydrogen) atoms. The molecule has 0 bridgehead atoms. The van der Waals surface area contributed by atoms with Crippen LogP contribution in [0, 0.1) is 86.9 Å². The van der Waals surface area contributed by atoms with Crippen LogP contribution in [0.3, 0.4) is 0 Å². The monoisotopic (exact) mass is 1230 g/mol. The molecule has 0 radical (unpaired) electrons.